The van der Waals surface area contributed by atoms with E-state index in [9.17, 15) is 4.79 Å². The Morgan fingerprint density at radius 2 is 1.47 bits per heavy atom. The topological polar surface area (TPSA) is 68.0 Å². The largest absolute Gasteiger partial charge is 0.455 e. The van der Waals surface area contributed by atoms with Gasteiger partial charge in [0.25, 0.3) is 5.91 Å². The summed E-state index contributed by atoms with van der Waals surface area (Å²) >= 11 is 1.52. The quantitative estimate of drug-likeness (QED) is 0.231. The molecule has 5 rings (SSSR count). The molecule has 2 heterocycles. The van der Waals surface area contributed by atoms with Gasteiger partial charge in [-0.1, -0.05) is 103 Å². The fraction of sp³-hybridized carbons (Fsp3) is 0.100. The van der Waals surface area contributed by atoms with Crippen LogP contribution < -0.4 is 5.32 Å². The van der Waals surface area contributed by atoms with Crippen LogP contribution in [0, 0.1) is 0 Å². The maximum atomic E-state index is 13.0. The Bertz CT molecular complexity index is 1390. The van der Waals surface area contributed by atoms with Gasteiger partial charge in [-0.15, -0.1) is 10.2 Å². The Hall–Kier alpha value is -4.16. The predicted octanol–water partition coefficient (Wildman–Crippen LogP) is 6.74. The van der Waals surface area contributed by atoms with Crippen LogP contribution in [-0.2, 0) is 12.2 Å². The summed E-state index contributed by atoms with van der Waals surface area (Å²) < 4.78 is 5.87. The zero-order chi connectivity index (χ0) is 24.6. The van der Waals surface area contributed by atoms with E-state index in [0.29, 0.717) is 23.7 Å². The second-order valence-electron chi connectivity index (χ2n) is 8.30. The van der Waals surface area contributed by atoms with Crippen molar-refractivity contribution >= 4 is 17.7 Å². The minimum Gasteiger partial charge on any atom is -0.455 e. The number of carbonyl (C=O) groups excluding carboxylic acids is 1. The number of carbonyl (C=O) groups is 1. The summed E-state index contributed by atoms with van der Waals surface area (Å²) in [4.78, 5) is 13.0. The molecule has 0 spiro atoms. The highest BCUT2D eigenvalue weighted by Gasteiger charge is 2.19. The van der Waals surface area contributed by atoms with Gasteiger partial charge in [0.05, 0.1) is 17.5 Å². The van der Waals surface area contributed by atoms with Crippen molar-refractivity contribution in [2.45, 2.75) is 23.2 Å². The van der Waals surface area contributed by atoms with Crippen LogP contribution in [0.2, 0.25) is 0 Å². The van der Waals surface area contributed by atoms with Gasteiger partial charge in [0.2, 0.25) is 0 Å². The molecule has 0 aliphatic rings. The molecule has 0 unspecified atom stereocenters. The van der Waals surface area contributed by atoms with E-state index in [4.69, 9.17) is 4.42 Å². The lowest BCUT2D eigenvalue weighted by molar-refractivity contribution is 0.0907. The van der Waals surface area contributed by atoms with Gasteiger partial charge in [-0.25, -0.2) is 0 Å². The molecule has 36 heavy (non-hydrogen) atoms. The normalized spacial score (nSPS) is 11.7. The van der Waals surface area contributed by atoms with Crippen LogP contribution in [-0.4, -0.2) is 16.1 Å². The average molecular weight is 492 g/mol. The van der Waals surface area contributed by atoms with Crippen molar-refractivity contribution < 1.29 is 9.21 Å². The molecular weight excluding hydrogens is 466 g/mol. The minimum absolute atomic E-state index is 0.164. The van der Waals surface area contributed by atoms with Gasteiger partial charge in [-0.2, -0.15) is 0 Å². The van der Waals surface area contributed by atoms with Gasteiger partial charge < -0.3 is 9.73 Å². The van der Waals surface area contributed by atoms with Crippen LogP contribution in [0.3, 0.4) is 0 Å². The van der Waals surface area contributed by atoms with Crippen molar-refractivity contribution in [3.63, 3.8) is 0 Å². The number of nitrogens with zero attached hydrogens (tertiary/aromatic N) is 2. The number of amides is 1. The van der Waals surface area contributed by atoms with E-state index in [1.165, 1.54) is 11.8 Å². The van der Waals surface area contributed by atoms with Crippen molar-refractivity contribution in [3.05, 3.63) is 138 Å². The number of thioether (sulfide) groups is 1. The van der Waals surface area contributed by atoms with Gasteiger partial charge in [0, 0.05) is 5.56 Å². The summed E-state index contributed by atoms with van der Waals surface area (Å²) in [5.41, 5.74) is 4.07. The second-order valence-corrected chi connectivity index (χ2v) is 9.30. The highest BCUT2D eigenvalue weighted by molar-refractivity contribution is 7.98. The third-order valence-corrected chi connectivity index (χ3v) is 6.69. The minimum atomic E-state index is -0.233. The molecule has 1 atom stereocenters. The number of hydrogen-bond donors (Lipinski definition) is 1. The fourth-order valence-corrected chi connectivity index (χ4v) is 4.61. The lowest BCUT2D eigenvalue weighted by atomic mass is 9.99. The highest BCUT2D eigenvalue weighted by atomic mass is 32.2. The molecule has 3 aromatic carbocycles. The molecule has 0 radical (unpaired) electrons. The third-order valence-electron chi connectivity index (χ3n) is 5.75. The van der Waals surface area contributed by atoms with E-state index in [2.05, 4.69) is 27.6 Å². The first-order valence-electron chi connectivity index (χ1n) is 11.7. The van der Waals surface area contributed by atoms with Crippen molar-refractivity contribution in [3.8, 4) is 11.3 Å². The number of aromatic nitrogens is 2. The van der Waals surface area contributed by atoms with E-state index in [-0.39, 0.29) is 11.9 Å². The van der Waals surface area contributed by atoms with Crippen LogP contribution in [0.1, 0.15) is 33.5 Å². The Morgan fingerprint density at radius 1 is 0.778 bits per heavy atom. The summed E-state index contributed by atoms with van der Waals surface area (Å²) in [6, 6.07) is 37.4. The van der Waals surface area contributed by atoms with Crippen LogP contribution in [0.4, 0.5) is 0 Å². The maximum Gasteiger partial charge on any atom is 0.287 e. The molecule has 5 aromatic rings. The van der Waals surface area contributed by atoms with Gasteiger partial charge in [-0.3, -0.25) is 4.79 Å². The number of hydrogen-bond acceptors (Lipinski definition) is 5. The summed E-state index contributed by atoms with van der Waals surface area (Å²) in [5.74, 6) is 1.32. The fourth-order valence-electron chi connectivity index (χ4n) is 3.90. The zero-order valence-corrected chi connectivity index (χ0v) is 20.4. The first-order chi connectivity index (χ1) is 17.7. The number of rotatable bonds is 9. The van der Waals surface area contributed by atoms with Crippen molar-refractivity contribution in [1.29, 1.82) is 0 Å². The van der Waals surface area contributed by atoms with Gasteiger partial charge in [0.15, 0.2) is 5.76 Å². The first-order valence-corrected chi connectivity index (χ1v) is 12.7. The lowest BCUT2D eigenvalue weighted by Crippen LogP contribution is -2.29. The van der Waals surface area contributed by atoms with E-state index < -0.39 is 0 Å². The van der Waals surface area contributed by atoms with Crippen molar-refractivity contribution in [2.24, 2.45) is 0 Å². The van der Waals surface area contributed by atoms with Crippen molar-refractivity contribution in [1.82, 2.24) is 15.5 Å². The Labute approximate surface area is 214 Å². The van der Waals surface area contributed by atoms with Crippen molar-refractivity contribution in [2.75, 3.05) is 0 Å². The van der Waals surface area contributed by atoms with Crippen LogP contribution in [0.15, 0.2) is 125 Å². The third kappa shape index (κ3) is 6.09. The van der Waals surface area contributed by atoms with Gasteiger partial charge >= 0.3 is 0 Å². The molecule has 6 heteroatoms. The summed E-state index contributed by atoms with van der Waals surface area (Å²) in [6.45, 7) is 0. The standard InChI is InChI=1S/C30H25N3O2S/c34-30(31-27(24-14-8-3-9-15-24)20-22-10-4-1-5-11-22)28-18-16-25(35-28)21-36-29-19-17-26(32-33-29)23-12-6-2-7-13-23/h1-19,27H,20-21H2,(H,31,34)/t27-/m0/s1. The van der Waals surface area contributed by atoms with Crippen LogP contribution >= 0.6 is 11.8 Å². The Kier molecular flexibility index (Phi) is 7.54. The molecule has 0 saturated carbocycles. The lowest BCUT2D eigenvalue weighted by Gasteiger charge is -2.19. The molecule has 1 N–H and O–H groups in total. The molecule has 2 aromatic heterocycles. The molecule has 0 saturated heterocycles. The van der Waals surface area contributed by atoms with Gasteiger partial charge in [0.1, 0.15) is 10.8 Å². The molecule has 0 fully saturated rings. The molecule has 1 amide bonds. The molecule has 0 bridgehead atoms. The Morgan fingerprint density at radius 3 is 2.17 bits per heavy atom. The molecule has 5 nitrogen and oxygen atoms in total. The molecule has 0 aliphatic heterocycles. The SMILES string of the molecule is O=C(N[C@@H](Cc1ccccc1)c1ccccc1)c1ccc(CSc2ccc(-c3ccccc3)nn2)o1. The summed E-state index contributed by atoms with van der Waals surface area (Å²) in [5, 5.41) is 12.6. The maximum absolute atomic E-state index is 13.0. The second kappa shape index (κ2) is 11.5. The van der Waals surface area contributed by atoms with Gasteiger partial charge in [-0.05, 0) is 41.8 Å². The monoisotopic (exact) mass is 491 g/mol. The summed E-state index contributed by atoms with van der Waals surface area (Å²) in [7, 11) is 0. The van der Waals surface area contributed by atoms with E-state index >= 15 is 0 Å². The predicted molar refractivity (Wildman–Crippen MR) is 143 cm³/mol. The Balaban J connectivity index is 1.21. The molecular formula is C30H25N3O2S. The average Bonchev–Trinajstić information content (AvgIpc) is 3.43. The number of furan rings is 1. The van der Waals surface area contributed by atoms with E-state index in [0.717, 1.165) is 27.4 Å². The summed E-state index contributed by atoms with van der Waals surface area (Å²) in [6.07, 6.45) is 0.692. The van der Waals surface area contributed by atoms with E-state index in [1.54, 1.807) is 6.07 Å². The molecule has 0 aliphatic carbocycles. The van der Waals surface area contributed by atoms with Crippen LogP contribution in [0.25, 0.3) is 11.3 Å². The highest BCUT2D eigenvalue weighted by Crippen LogP contribution is 2.24. The zero-order valence-electron chi connectivity index (χ0n) is 19.6. The smallest absolute Gasteiger partial charge is 0.287 e. The first kappa shape index (κ1) is 23.6. The number of benzene rings is 3. The number of nitrogens with one attached hydrogen (secondary N) is 1. The van der Waals surface area contributed by atoms with E-state index in [1.807, 2.05) is 97.1 Å². The van der Waals surface area contributed by atoms with Crippen LogP contribution in [0.5, 0.6) is 0 Å². The molecule has 178 valence electrons.